The molecule has 0 spiro atoms. The van der Waals surface area contributed by atoms with Gasteiger partial charge < -0.3 is 27.6 Å². The molecule has 0 saturated heterocycles. The van der Waals surface area contributed by atoms with Crippen molar-refractivity contribution in [3.8, 4) is 5.75 Å². The van der Waals surface area contributed by atoms with Crippen molar-refractivity contribution >= 4 is 29.3 Å². The molecule has 2 rings (SSSR count). The van der Waals surface area contributed by atoms with Gasteiger partial charge in [-0.05, 0) is 31.0 Å². The maximum atomic E-state index is 12.2. The molecular weight excluding hydrogens is 457 g/mol. The summed E-state index contributed by atoms with van der Waals surface area (Å²) in [6, 6.07) is 6.13. The second-order valence-corrected chi connectivity index (χ2v) is 7.22. The third kappa shape index (κ3) is 9.33. The van der Waals surface area contributed by atoms with Crippen molar-refractivity contribution in [1.29, 1.82) is 0 Å². The van der Waals surface area contributed by atoms with Gasteiger partial charge in [-0.3, -0.25) is 24.5 Å². The standard InChI is InChI=1S/C21H25N5O7.Na.H/c1-13-7-9-23-17(10-13)22-8-3-6-18(27)24-12-19(28)25-15(11-20(29)30)14-4-2-5-16(21(14)31)26(32)33;;/h2,4-5,7,9-10,15,31H,3,6,8,11-12H2,1H3,(H,22,23)(H,24,27)(H,25,28)(H,29,30);;/q;+1;-1. The van der Waals surface area contributed by atoms with Crippen LogP contribution in [0.1, 0.15) is 37.9 Å². The third-order valence-electron chi connectivity index (χ3n) is 4.58. The number of amides is 2. The minimum Gasteiger partial charge on any atom is -1.00 e. The number of carboxylic acids is 1. The van der Waals surface area contributed by atoms with E-state index in [0.29, 0.717) is 18.8 Å². The number of aliphatic carboxylic acids is 1. The van der Waals surface area contributed by atoms with Gasteiger partial charge in [0.2, 0.25) is 11.8 Å². The maximum Gasteiger partial charge on any atom is 1.00 e. The predicted molar refractivity (Wildman–Crippen MR) is 119 cm³/mol. The van der Waals surface area contributed by atoms with Gasteiger partial charge in [-0.1, -0.05) is 12.1 Å². The van der Waals surface area contributed by atoms with Crippen molar-refractivity contribution in [2.75, 3.05) is 18.4 Å². The van der Waals surface area contributed by atoms with Crippen LogP contribution in [0.4, 0.5) is 11.5 Å². The average Bonchev–Trinajstić information content (AvgIpc) is 2.74. The van der Waals surface area contributed by atoms with Crippen LogP contribution in [0.5, 0.6) is 5.75 Å². The minimum atomic E-state index is -1.29. The topological polar surface area (TPSA) is 184 Å². The Labute approximate surface area is 219 Å². The summed E-state index contributed by atoms with van der Waals surface area (Å²) < 4.78 is 0. The van der Waals surface area contributed by atoms with E-state index in [0.717, 1.165) is 11.6 Å². The number of carbonyl (C=O) groups excluding carboxylic acids is 2. The van der Waals surface area contributed by atoms with Gasteiger partial charge in [0.05, 0.1) is 23.9 Å². The summed E-state index contributed by atoms with van der Waals surface area (Å²) in [7, 11) is 0. The Hall–Kier alpha value is -3.22. The molecule has 1 aromatic carbocycles. The van der Waals surface area contributed by atoms with Gasteiger partial charge in [0.25, 0.3) is 0 Å². The van der Waals surface area contributed by atoms with Gasteiger partial charge in [-0.2, -0.15) is 0 Å². The van der Waals surface area contributed by atoms with Crippen LogP contribution in [0, 0.1) is 17.0 Å². The fourth-order valence-electron chi connectivity index (χ4n) is 3.00. The number of nitro groups is 1. The quantitative estimate of drug-likeness (QED) is 0.107. The Kier molecular flexibility index (Phi) is 12.0. The first kappa shape index (κ1) is 28.8. The molecule has 0 aliphatic rings. The van der Waals surface area contributed by atoms with Gasteiger partial charge in [0.15, 0.2) is 5.75 Å². The molecule has 12 nitrogen and oxygen atoms in total. The first-order chi connectivity index (χ1) is 15.7. The minimum absolute atomic E-state index is 0. The summed E-state index contributed by atoms with van der Waals surface area (Å²) in [6.07, 6.45) is 1.70. The van der Waals surface area contributed by atoms with Crippen LogP contribution in [0.2, 0.25) is 0 Å². The number of aromatic hydroxyl groups is 1. The molecule has 2 aromatic rings. The van der Waals surface area contributed by atoms with E-state index >= 15 is 0 Å². The number of rotatable bonds is 12. The maximum absolute atomic E-state index is 12.2. The SMILES string of the molecule is Cc1ccnc(NCCCC(=O)NCC(=O)NC(CC(=O)O)c2cccc([N+](=O)[O-])c2O)c1.[H-].[Na+]. The van der Waals surface area contributed by atoms with Crippen LogP contribution >= 0.6 is 0 Å². The van der Waals surface area contributed by atoms with Gasteiger partial charge in [0.1, 0.15) is 5.82 Å². The summed E-state index contributed by atoms with van der Waals surface area (Å²) in [5, 5.41) is 38.2. The molecule has 1 aromatic heterocycles. The molecule has 13 heteroatoms. The predicted octanol–water partition coefficient (Wildman–Crippen LogP) is -1.24. The Morgan fingerprint density at radius 2 is 1.97 bits per heavy atom. The number of carboxylic acid groups (broad SMARTS) is 1. The fraction of sp³-hybridized carbons (Fsp3) is 0.333. The van der Waals surface area contributed by atoms with Gasteiger partial charge >= 0.3 is 41.2 Å². The summed E-state index contributed by atoms with van der Waals surface area (Å²) >= 11 is 0. The number of hydrogen-bond acceptors (Lipinski definition) is 8. The van der Waals surface area contributed by atoms with Crippen LogP contribution in [-0.2, 0) is 14.4 Å². The normalized spacial score (nSPS) is 11.0. The number of aromatic nitrogens is 1. The van der Waals surface area contributed by atoms with Crippen LogP contribution in [-0.4, -0.2) is 51.0 Å². The molecule has 1 heterocycles. The molecule has 0 saturated carbocycles. The zero-order valence-corrected chi connectivity index (χ0v) is 20.9. The van der Waals surface area contributed by atoms with E-state index in [2.05, 4.69) is 20.9 Å². The Morgan fingerprint density at radius 1 is 1.24 bits per heavy atom. The molecule has 34 heavy (non-hydrogen) atoms. The Morgan fingerprint density at radius 3 is 2.62 bits per heavy atom. The molecule has 1 unspecified atom stereocenters. The molecule has 0 fully saturated rings. The van der Waals surface area contributed by atoms with Crippen molar-refractivity contribution in [2.24, 2.45) is 0 Å². The molecule has 0 aliphatic heterocycles. The van der Waals surface area contributed by atoms with E-state index in [1.807, 2.05) is 19.1 Å². The van der Waals surface area contributed by atoms with Crippen molar-refractivity contribution in [3.05, 3.63) is 57.8 Å². The smallest absolute Gasteiger partial charge is 1.00 e. The number of carbonyl (C=O) groups is 3. The molecule has 0 radical (unpaired) electrons. The van der Waals surface area contributed by atoms with Gasteiger partial charge in [-0.25, -0.2) is 4.98 Å². The zero-order chi connectivity index (χ0) is 24.4. The number of anilines is 1. The van der Waals surface area contributed by atoms with Gasteiger partial charge in [-0.15, -0.1) is 0 Å². The molecule has 0 aliphatic carbocycles. The first-order valence-corrected chi connectivity index (χ1v) is 10.1. The number of nitro benzene ring substituents is 1. The average molecular weight is 483 g/mol. The summed E-state index contributed by atoms with van der Waals surface area (Å²) in [5.41, 5.74) is 0.331. The zero-order valence-electron chi connectivity index (χ0n) is 19.9. The monoisotopic (exact) mass is 483 g/mol. The number of benzene rings is 1. The number of nitrogens with one attached hydrogen (secondary N) is 3. The molecule has 0 bridgehead atoms. The fourth-order valence-corrected chi connectivity index (χ4v) is 3.00. The van der Waals surface area contributed by atoms with Crippen molar-refractivity contribution in [2.45, 2.75) is 32.2 Å². The van der Waals surface area contributed by atoms with Crippen molar-refractivity contribution < 1.29 is 60.5 Å². The number of aryl methyl sites for hydroxylation is 1. The van der Waals surface area contributed by atoms with Crippen LogP contribution in [0.3, 0.4) is 0 Å². The van der Waals surface area contributed by atoms with Crippen molar-refractivity contribution in [3.63, 3.8) is 0 Å². The van der Waals surface area contributed by atoms with E-state index in [9.17, 15) is 29.6 Å². The largest absolute Gasteiger partial charge is 1.00 e. The van der Waals surface area contributed by atoms with E-state index < -0.39 is 47.2 Å². The number of phenols is 1. The molecule has 5 N–H and O–H groups in total. The second-order valence-electron chi connectivity index (χ2n) is 7.22. The molecular formula is C21H26N5NaO7. The van der Waals surface area contributed by atoms with E-state index in [1.165, 1.54) is 12.1 Å². The van der Waals surface area contributed by atoms with E-state index in [1.54, 1.807) is 6.20 Å². The van der Waals surface area contributed by atoms with Crippen molar-refractivity contribution in [1.82, 2.24) is 15.6 Å². The van der Waals surface area contributed by atoms with E-state index in [4.69, 9.17) is 5.11 Å². The van der Waals surface area contributed by atoms with Crippen LogP contribution in [0.15, 0.2) is 36.5 Å². The summed E-state index contributed by atoms with van der Waals surface area (Å²) in [4.78, 5) is 49.7. The van der Waals surface area contributed by atoms with Gasteiger partial charge in [0, 0.05) is 30.8 Å². The first-order valence-electron chi connectivity index (χ1n) is 10.1. The summed E-state index contributed by atoms with van der Waals surface area (Å²) in [6.45, 7) is 2.02. The number of para-hydroxylation sites is 1. The number of nitrogens with zero attached hydrogens (tertiary/aromatic N) is 2. The summed E-state index contributed by atoms with van der Waals surface area (Å²) in [5.74, 6) is -2.40. The number of pyridine rings is 1. The second kappa shape index (κ2) is 14.1. The van der Waals surface area contributed by atoms with Crippen LogP contribution in [0.25, 0.3) is 0 Å². The Balaban J connectivity index is 0.00000578. The Bertz CT molecular complexity index is 1040. The molecule has 2 amide bonds. The van der Waals surface area contributed by atoms with E-state index in [-0.39, 0.29) is 48.9 Å². The molecule has 178 valence electrons. The van der Waals surface area contributed by atoms with Crippen LogP contribution < -0.4 is 45.5 Å². The third-order valence-corrected chi connectivity index (χ3v) is 4.58. The number of hydrogen-bond donors (Lipinski definition) is 5. The number of phenolic OH excluding ortho intramolecular Hbond substituents is 1. The molecule has 1 atom stereocenters.